The number of phenols is 1. The van der Waals surface area contributed by atoms with Gasteiger partial charge in [0.2, 0.25) is 0 Å². The summed E-state index contributed by atoms with van der Waals surface area (Å²) >= 11 is 6.56. The number of hydrogen-bond acceptors (Lipinski definition) is 3. The number of benzene rings is 1. The van der Waals surface area contributed by atoms with Crippen LogP contribution in [-0.2, 0) is 6.54 Å². The van der Waals surface area contributed by atoms with E-state index in [1.54, 1.807) is 6.92 Å². The first-order valence-corrected chi connectivity index (χ1v) is 6.65. The SMILES string of the molecule is CC(O)CCNCc1cc(Br)c(O)c(Br)c1. The lowest BCUT2D eigenvalue weighted by Gasteiger charge is -2.08. The zero-order valence-corrected chi connectivity index (χ0v) is 12.2. The second kappa shape index (κ2) is 6.59. The highest BCUT2D eigenvalue weighted by Gasteiger charge is 2.05. The number of hydrogen-bond donors (Lipinski definition) is 3. The molecule has 1 aromatic carbocycles. The summed E-state index contributed by atoms with van der Waals surface area (Å²) in [5.74, 6) is 0.215. The molecule has 1 atom stereocenters. The minimum atomic E-state index is -0.272. The van der Waals surface area contributed by atoms with E-state index in [2.05, 4.69) is 37.2 Å². The fraction of sp³-hybridized carbons (Fsp3) is 0.455. The third kappa shape index (κ3) is 4.41. The zero-order chi connectivity index (χ0) is 12.1. The highest BCUT2D eigenvalue weighted by molar-refractivity contribution is 9.11. The predicted molar refractivity (Wildman–Crippen MR) is 71.5 cm³/mol. The second-order valence-corrected chi connectivity index (χ2v) is 5.43. The first-order chi connectivity index (χ1) is 7.50. The van der Waals surface area contributed by atoms with E-state index in [4.69, 9.17) is 5.11 Å². The van der Waals surface area contributed by atoms with Crippen molar-refractivity contribution in [3.8, 4) is 5.75 Å². The van der Waals surface area contributed by atoms with Gasteiger partial charge in [-0.3, -0.25) is 0 Å². The minimum Gasteiger partial charge on any atom is -0.506 e. The molecule has 1 aromatic rings. The monoisotopic (exact) mass is 351 g/mol. The highest BCUT2D eigenvalue weighted by Crippen LogP contribution is 2.33. The molecule has 5 heteroatoms. The van der Waals surface area contributed by atoms with Gasteiger partial charge in [0.05, 0.1) is 15.0 Å². The van der Waals surface area contributed by atoms with Gasteiger partial charge in [-0.1, -0.05) is 0 Å². The molecule has 0 fully saturated rings. The van der Waals surface area contributed by atoms with Crippen molar-refractivity contribution in [1.82, 2.24) is 5.32 Å². The number of halogens is 2. The Morgan fingerprint density at radius 2 is 1.88 bits per heavy atom. The van der Waals surface area contributed by atoms with E-state index in [1.165, 1.54) is 0 Å². The third-order valence-corrected chi connectivity index (χ3v) is 3.35. The van der Waals surface area contributed by atoms with Crippen molar-refractivity contribution in [1.29, 1.82) is 0 Å². The molecule has 16 heavy (non-hydrogen) atoms. The molecule has 90 valence electrons. The van der Waals surface area contributed by atoms with Gasteiger partial charge in [-0.2, -0.15) is 0 Å². The van der Waals surface area contributed by atoms with Crippen LogP contribution in [-0.4, -0.2) is 22.9 Å². The van der Waals surface area contributed by atoms with Gasteiger partial charge in [-0.15, -0.1) is 0 Å². The fourth-order valence-corrected chi connectivity index (χ4v) is 2.55. The van der Waals surface area contributed by atoms with E-state index >= 15 is 0 Å². The molecule has 3 N–H and O–H groups in total. The molecular weight excluding hydrogens is 338 g/mol. The maximum Gasteiger partial charge on any atom is 0.143 e. The average molecular weight is 353 g/mol. The molecule has 1 rings (SSSR count). The van der Waals surface area contributed by atoms with Gasteiger partial charge in [0.15, 0.2) is 0 Å². The van der Waals surface area contributed by atoms with Crippen LogP contribution in [0.15, 0.2) is 21.1 Å². The first-order valence-electron chi connectivity index (χ1n) is 5.06. The molecule has 0 aliphatic heterocycles. The minimum absolute atomic E-state index is 0.215. The number of nitrogens with one attached hydrogen (secondary N) is 1. The lowest BCUT2D eigenvalue weighted by Crippen LogP contribution is -2.18. The zero-order valence-electron chi connectivity index (χ0n) is 9.00. The lowest BCUT2D eigenvalue weighted by molar-refractivity contribution is 0.183. The molecule has 3 nitrogen and oxygen atoms in total. The maximum atomic E-state index is 9.53. The van der Waals surface area contributed by atoms with E-state index in [0.29, 0.717) is 15.5 Å². The third-order valence-electron chi connectivity index (χ3n) is 2.14. The van der Waals surface area contributed by atoms with Gasteiger partial charge in [-0.25, -0.2) is 0 Å². The summed E-state index contributed by atoms with van der Waals surface area (Å²) in [5, 5.41) is 21.8. The Hall–Kier alpha value is -0.100. The molecule has 0 aliphatic carbocycles. The van der Waals surface area contributed by atoms with E-state index < -0.39 is 0 Å². The van der Waals surface area contributed by atoms with Crippen LogP contribution < -0.4 is 5.32 Å². The van der Waals surface area contributed by atoms with Gasteiger partial charge < -0.3 is 15.5 Å². The number of phenolic OH excluding ortho intramolecular Hbond substituents is 1. The largest absolute Gasteiger partial charge is 0.506 e. The Morgan fingerprint density at radius 3 is 2.38 bits per heavy atom. The Bertz CT molecular complexity index is 333. The summed E-state index contributed by atoms with van der Waals surface area (Å²) in [6.07, 6.45) is 0.464. The number of aliphatic hydroxyl groups excluding tert-OH is 1. The van der Waals surface area contributed by atoms with E-state index in [1.807, 2.05) is 12.1 Å². The molecule has 0 heterocycles. The van der Waals surface area contributed by atoms with Crippen molar-refractivity contribution < 1.29 is 10.2 Å². The van der Waals surface area contributed by atoms with Crippen molar-refractivity contribution in [3.63, 3.8) is 0 Å². The number of rotatable bonds is 5. The van der Waals surface area contributed by atoms with Crippen LogP contribution in [0.25, 0.3) is 0 Å². The summed E-state index contributed by atoms with van der Waals surface area (Å²) in [6, 6.07) is 3.74. The van der Waals surface area contributed by atoms with Gasteiger partial charge in [-0.05, 0) is 69.4 Å². The molecule has 0 aliphatic rings. The van der Waals surface area contributed by atoms with Crippen molar-refractivity contribution in [2.24, 2.45) is 0 Å². The smallest absolute Gasteiger partial charge is 0.143 e. The average Bonchev–Trinajstić information content (AvgIpc) is 2.20. The van der Waals surface area contributed by atoms with Gasteiger partial charge in [0, 0.05) is 6.54 Å². The molecule has 0 aromatic heterocycles. The standard InChI is InChI=1S/C11H15Br2NO2/c1-7(15)2-3-14-6-8-4-9(12)11(16)10(13)5-8/h4-5,7,14-16H,2-3,6H2,1H3. The fourth-order valence-electron chi connectivity index (χ4n) is 1.26. The summed E-state index contributed by atoms with van der Waals surface area (Å²) in [5.41, 5.74) is 1.07. The molecular formula is C11H15Br2NO2. The van der Waals surface area contributed by atoms with Crippen molar-refractivity contribution in [2.45, 2.75) is 26.0 Å². The highest BCUT2D eigenvalue weighted by atomic mass is 79.9. The number of aliphatic hydroxyl groups is 1. The van der Waals surface area contributed by atoms with Crippen LogP contribution in [0.3, 0.4) is 0 Å². The maximum absolute atomic E-state index is 9.53. The molecule has 1 unspecified atom stereocenters. The predicted octanol–water partition coefficient (Wildman–Crippen LogP) is 2.78. The van der Waals surface area contributed by atoms with Crippen LogP contribution in [0.5, 0.6) is 5.75 Å². The van der Waals surface area contributed by atoms with Crippen molar-refractivity contribution in [3.05, 3.63) is 26.6 Å². The van der Waals surface area contributed by atoms with Crippen LogP contribution >= 0.6 is 31.9 Å². The number of aromatic hydroxyl groups is 1. The molecule has 0 radical (unpaired) electrons. The molecule has 0 saturated carbocycles. The Kier molecular flexibility index (Phi) is 5.75. The van der Waals surface area contributed by atoms with Crippen molar-refractivity contribution >= 4 is 31.9 Å². The van der Waals surface area contributed by atoms with Crippen LogP contribution in [0, 0.1) is 0 Å². The van der Waals surface area contributed by atoms with Crippen LogP contribution in [0.4, 0.5) is 0 Å². The molecule has 0 spiro atoms. The Labute approximate surface area is 112 Å². The van der Waals surface area contributed by atoms with E-state index in [-0.39, 0.29) is 11.9 Å². The van der Waals surface area contributed by atoms with Gasteiger partial charge in [0.25, 0.3) is 0 Å². The summed E-state index contributed by atoms with van der Waals surface area (Å²) < 4.78 is 1.35. The normalized spacial score (nSPS) is 12.8. The quantitative estimate of drug-likeness (QED) is 0.714. The second-order valence-electron chi connectivity index (χ2n) is 3.72. The summed E-state index contributed by atoms with van der Waals surface area (Å²) in [4.78, 5) is 0. The molecule has 0 saturated heterocycles. The Morgan fingerprint density at radius 1 is 1.31 bits per heavy atom. The topological polar surface area (TPSA) is 52.5 Å². The van der Waals surface area contributed by atoms with E-state index in [9.17, 15) is 5.11 Å². The molecule has 0 bridgehead atoms. The van der Waals surface area contributed by atoms with Crippen molar-refractivity contribution in [2.75, 3.05) is 6.54 Å². The van der Waals surface area contributed by atoms with Gasteiger partial charge in [0.1, 0.15) is 5.75 Å². The summed E-state index contributed by atoms with van der Waals surface area (Å²) in [6.45, 7) is 3.26. The first kappa shape index (κ1) is 14.0. The Balaban J connectivity index is 2.49. The van der Waals surface area contributed by atoms with Crippen LogP contribution in [0.1, 0.15) is 18.9 Å². The summed E-state index contributed by atoms with van der Waals surface area (Å²) in [7, 11) is 0. The van der Waals surface area contributed by atoms with Gasteiger partial charge >= 0.3 is 0 Å². The molecule has 0 amide bonds. The van der Waals surface area contributed by atoms with E-state index in [0.717, 1.165) is 18.5 Å². The lowest BCUT2D eigenvalue weighted by atomic mass is 10.2. The van der Waals surface area contributed by atoms with Crippen LogP contribution in [0.2, 0.25) is 0 Å².